The Balaban J connectivity index is 0.000000210. The fourth-order valence-corrected chi connectivity index (χ4v) is 11.1. The van der Waals surface area contributed by atoms with Crippen molar-refractivity contribution in [2.24, 2.45) is 23.7 Å². The van der Waals surface area contributed by atoms with Gasteiger partial charge < -0.3 is 37.9 Å². The Hall–Kier alpha value is -7.36. The third-order valence-electron chi connectivity index (χ3n) is 16.1. The molecule has 4 aliphatic rings. The molecule has 4 aromatic rings. The van der Waals surface area contributed by atoms with E-state index < -0.39 is 0 Å². The summed E-state index contributed by atoms with van der Waals surface area (Å²) >= 11 is 0. The Morgan fingerprint density at radius 3 is 0.814 bits per heavy atom. The topological polar surface area (TPSA) is 210 Å². The third-order valence-corrected chi connectivity index (χ3v) is 16.1. The van der Waals surface area contributed by atoms with Crippen LogP contribution in [0.5, 0.6) is 0 Å². The lowest BCUT2D eigenvalue weighted by Gasteiger charge is -2.23. The van der Waals surface area contributed by atoms with Crippen molar-refractivity contribution >= 4 is 47.8 Å². The van der Waals surface area contributed by atoms with Crippen molar-refractivity contribution in [3.05, 3.63) is 140 Å². The van der Waals surface area contributed by atoms with Crippen LogP contribution in [0.25, 0.3) is 0 Å². The van der Waals surface area contributed by atoms with Crippen LogP contribution >= 0.6 is 0 Å². The van der Waals surface area contributed by atoms with Gasteiger partial charge in [-0.15, -0.1) is 0 Å². The lowest BCUT2D eigenvalue weighted by Crippen LogP contribution is -2.25. The molecule has 0 fully saturated rings. The SMILES string of the molecule is CCCCCCCOC(=O)C1CCc2cc(C(=O)OC)ccc2C1.CCCCCOC(=O)C1CCc2cc(C(=O)OC)ccc2C1.CCCOC(=O)C1CCc2cc(C(=O)OC)ccc2C1.CCCOC(=O)C1CCc2cc(C(=O)OC)ccc2C1. The zero-order valence-corrected chi connectivity index (χ0v) is 52.2. The minimum Gasteiger partial charge on any atom is -0.465 e. The first-order valence-electron chi connectivity index (χ1n) is 31.1. The highest BCUT2D eigenvalue weighted by Crippen LogP contribution is 2.32. The van der Waals surface area contributed by atoms with Crippen LogP contribution < -0.4 is 0 Å². The van der Waals surface area contributed by atoms with Gasteiger partial charge in [0.25, 0.3) is 0 Å². The molecule has 0 amide bonds. The Morgan fingerprint density at radius 1 is 0.314 bits per heavy atom. The van der Waals surface area contributed by atoms with E-state index in [-0.39, 0.29) is 71.4 Å². The Labute approximate surface area is 509 Å². The predicted molar refractivity (Wildman–Crippen MR) is 326 cm³/mol. The van der Waals surface area contributed by atoms with Crippen LogP contribution in [0.4, 0.5) is 0 Å². The number of methoxy groups -OCH3 is 4. The molecule has 0 radical (unpaired) electrons. The normalized spacial score (nSPS) is 16.8. The lowest BCUT2D eigenvalue weighted by molar-refractivity contribution is -0.150. The second-order valence-corrected chi connectivity index (χ2v) is 22.5. The van der Waals surface area contributed by atoms with Crippen molar-refractivity contribution in [1.29, 1.82) is 0 Å². The molecule has 4 unspecified atom stereocenters. The molecule has 0 heterocycles. The summed E-state index contributed by atoms with van der Waals surface area (Å²) in [7, 11) is 5.52. The Kier molecular flexibility index (Phi) is 30.1. The highest BCUT2D eigenvalue weighted by Gasteiger charge is 2.30. The van der Waals surface area contributed by atoms with Crippen LogP contribution in [-0.4, -0.2) is 103 Å². The fraction of sp³-hybridized carbons (Fsp3) is 0.543. The van der Waals surface area contributed by atoms with Gasteiger partial charge in [-0.25, -0.2) is 19.2 Å². The summed E-state index contributed by atoms with van der Waals surface area (Å²) in [6, 6.07) is 22.2. The van der Waals surface area contributed by atoms with Gasteiger partial charge in [0.15, 0.2) is 0 Å². The number of hydrogen-bond acceptors (Lipinski definition) is 16. The molecule has 16 nitrogen and oxygen atoms in total. The number of unbranched alkanes of at least 4 members (excludes halogenated alkanes) is 6. The van der Waals surface area contributed by atoms with E-state index in [9.17, 15) is 38.4 Å². The van der Waals surface area contributed by atoms with Gasteiger partial charge in [-0.05, 0) is 196 Å². The van der Waals surface area contributed by atoms with Crippen molar-refractivity contribution < 1.29 is 76.3 Å². The van der Waals surface area contributed by atoms with Crippen molar-refractivity contribution in [1.82, 2.24) is 0 Å². The number of carbonyl (C=O) groups is 8. The molecular weight excluding hydrogens is 1100 g/mol. The van der Waals surface area contributed by atoms with Gasteiger partial charge >= 0.3 is 47.8 Å². The average Bonchev–Trinajstić information content (AvgIpc) is 3.50. The average molecular weight is 1190 g/mol. The number of hydrogen-bond donors (Lipinski definition) is 0. The quantitative estimate of drug-likeness (QED) is 0.0407. The molecule has 86 heavy (non-hydrogen) atoms. The van der Waals surface area contributed by atoms with E-state index in [1.54, 1.807) is 24.3 Å². The first kappa shape index (κ1) is 69.4. The molecular formula is C70H92O16. The summed E-state index contributed by atoms with van der Waals surface area (Å²) < 4.78 is 40.2. The number of carbonyl (C=O) groups excluding carboxylic acids is 8. The molecule has 8 rings (SSSR count). The second-order valence-electron chi connectivity index (χ2n) is 22.5. The molecule has 0 spiro atoms. The maximum atomic E-state index is 12.2. The van der Waals surface area contributed by atoms with Crippen LogP contribution in [0.2, 0.25) is 0 Å². The van der Waals surface area contributed by atoms with Crippen LogP contribution in [-0.2, 0) is 108 Å². The summed E-state index contributed by atoms with van der Waals surface area (Å²) in [6.07, 6.45) is 19.7. The van der Waals surface area contributed by atoms with Gasteiger partial charge in [0, 0.05) is 0 Å². The van der Waals surface area contributed by atoms with Crippen molar-refractivity contribution in [3.63, 3.8) is 0 Å². The minimum atomic E-state index is -0.322. The standard InChI is InChI=1S/C20H28O4.C18H24O4.2C16H20O4/c1-3-4-5-6-7-12-24-20(22)18-11-9-15-13-17(19(21)23-2)10-8-16(15)14-18;1-3-4-5-10-22-18(20)16-9-7-13-11-15(17(19)21-2)8-6-14(13)12-16;2*1-3-8-20-16(18)14-7-5-11-9-13(15(17)19-2)6-4-12(11)10-14/h8,10,13,18H,3-7,9,11-12,14H2,1-2H3;6,8,11,16H,3-5,7,9-10,12H2,1-2H3;2*4,6,9,14H,3,5,7-8,10H2,1-2H3. The number of aryl methyl sites for hydroxylation is 4. The monoisotopic (exact) mass is 1190 g/mol. The zero-order chi connectivity index (χ0) is 62.4. The molecule has 4 aromatic carbocycles. The van der Waals surface area contributed by atoms with E-state index in [0.717, 1.165) is 141 Å². The molecule has 0 N–H and O–H groups in total. The highest BCUT2D eigenvalue weighted by atomic mass is 16.6. The van der Waals surface area contributed by atoms with Crippen LogP contribution in [0.15, 0.2) is 72.8 Å². The first-order chi connectivity index (χ1) is 41.6. The Bertz CT molecular complexity index is 2790. The molecule has 0 saturated carbocycles. The molecule has 4 atom stereocenters. The second kappa shape index (κ2) is 37.3. The maximum absolute atomic E-state index is 12.2. The fourth-order valence-electron chi connectivity index (χ4n) is 11.1. The molecule has 0 aliphatic heterocycles. The lowest BCUT2D eigenvalue weighted by atomic mass is 9.83. The van der Waals surface area contributed by atoms with Gasteiger partial charge in [0.2, 0.25) is 0 Å². The van der Waals surface area contributed by atoms with Crippen molar-refractivity contribution in [3.8, 4) is 0 Å². The third kappa shape index (κ3) is 21.6. The largest absolute Gasteiger partial charge is 0.465 e. The van der Waals surface area contributed by atoms with Crippen LogP contribution in [0.3, 0.4) is 0 Å². The van der Waals surface area contributed by atoms with Gasteiger partial charge in [-0.2, -0.15) is 0 Å². The number of rotatable bonds is 22. The van der Waals surface area contributed by atoms with Gasteiger partial charge in [0.05, 0.1) is 101 Å². The summed E-state index contributed by atoms with van der Waals surface area (Å²) in [4.78, 5) is 94.2. The first-order valence-corrected chi connectivity index (χ1v) is 31.1. The summed E-state index contributed by atoms with van der Waals surface area (Å²) in [5.74, 6) is -1.88. The van der Waals surface area contributed by atoms with E-state index in [1.165, 1.54) is 47.7 Å². The summed E-state index contributed by atoms with van der Waals surface area (Å²) in [6.45, 7) is 10.3. The predicted octanol–water partition coefficient (Wildman–Crippen LogP) is 12.5. The Morgan fingerprint density at radius 2 is 0.558 bits per heavy atom. The minimum absolute atomic E-state index is 0.0573. The molecule has 16 heteroatoms. The van der Waals surface area contributed by atoms with E-state index in [0.29, 0.717) is 74.4 Å². The number of ether oxygens (including phenoxy) is 8. The van der Waals surface area contributed by atoms with Crippen LogP contribution in [0.1, 0.15) is 204 Å². The highest BCUT2D eigenvalue weighted by molar-refractivity contribution is 5.91. The maximum Gasteiger partial charge on any atom is 0.337 e. The van der Waals surface area contributed by atoms with E-state index >= 15 is 0 Å². The smallest absolute Gasteiger partial charge is 0.337 e. The summed E-state index contributed by atoms with van der Waals surface area (Å²) in [5.41, 5.74) is 11.3. The number of fused-ring (bicyclic) bond motifs is 4. The molecule has 468 valence electrons. The molecule has 0 saturated heterocycles. The van der Waals surface area contributed by atoms with Gasteiger partial charge in [-0.3, -0.25) is 19.2 Å². The van der Waals surface area contributed by atoms with Crippen molar-refractivity contribution in [2.75, 3.05) is 54.9 Å². The summed E-state index contributed by atoms with van der Waals surface area (Å²) in [5, 5.41) is 0. The number of esters is 8. The number of benzene rings is 4. The van der Waals surface area contributed by atoms with Crippen molar-refractivity contribution in [2.45, 2.75) is 169 Å². The molecule has 0 bridgehead atoms. The van der Waals surface area contributed by atoms with Crippen LogP contribution in [0, 0.1) is 23.7 Å². The van der Waals surface area contributed by atoms with E-state index in [4.69, 9.17) is 37.9 Å². The van der Waals surface area contributed by atoms with E-state index in [1.807, 2.05) is 62.4 Å². The molecule has 4 aliphatic carbocycles. The zero-order valence-electron chi connectivity index (χ0n) is 52.2. The molecule has 0 aromatic heterocycles. The van der Waals surface area contributed by atoms with Gasteiger partial charge in [0.1, 0.15) is 0 Å². The van der Waals surface area contributed by atoms with E-state index in [2.05, 4.69) is 13.8 Å². The van der Waals surface area contributed by atoms with Gasteiger partial charge in [-0.1, -0.05) is 90.5 Å².